The minimum Gasteiger partial charge on any atom is -0.492 e. The van der Waals surface area contributed by atoms with Gasteiger partial charge in [-0.25, -0.2) is 4.79 Å². The largest absolute Gasteiger partial charge is 0.492 e. The number of rotatable bonds is 9. The van der Waals surface area contributed by atoms with E-state index in [9.17, 15) is 4.79 Å². The maximum atomic E-state index is 12.2. The molecular weight excluding hydrogens is 304 g/mol. The molecule has 2 amide bonds. The summed E-state index contributed by atoms with van der Waals surface area (Å²) in [6, 6.07) is 4.91. The average Bonchev–Trinajstić information content (AvgIpc) is 2.49. The molecule has 0 aromatic heterocycles. The smallest absolute Gasteiger partial charge is 0.321 e. The number of benzene rings is 1. The fourth-order valence-corrected chi connectivity index (χ4v) is 2.28. The van der Waals surface area contributed by atoms with Crippen LogP contribution in [-0.4, -0.2) is 42.3 Å². The van der Waals surface area contributed by atoms with Crippen LogP contribution in [0, 0.1) is 0 Å². The molecule has 0 aliphatic rings. The number of carbonyl (C=O) groups is 1. The predicted octanol–water partition coefficient (Wildman–Crippen LogP) is 3.76. The number of anilines is 1. The van der Waals surface area contributed by atoms with Crippen molar-refractivity contribution < 1.29 is 14.6 Å². The van der Waals surface area contributed by atoms with Gasteiger partial charge in [-0.2, -0.15) is 0 Å². The van der Waals surface area contributed by atoms with Gasteiger partial charge in [0.1, 0.15) is 5.75 Å². The zero-order chi connectivity index (χ0) is 16.4. The molecule has 22 heavy (non-hydrogen) atoms. The minimum absolute atomic E-state index is 0.0520. The van der Waals surface area contributed by atoms with Crippen molar-refractivity contribution in [1.29, 1.82) is 0 Å². The second kappa shape index (κ2) is 10.3. The molecule has 0 saturated heterocycles. The summed E-state index contributed by atoms with van der Waals surface area (Å²) < 4.78 is 5.36. The number of hydrogen-bond donors (Lipinski definition) is 2. The first kappa shape index (κ1) is 18.6. The highest BCUT2D eigenvalue weighted by atomic mass is 35.5. The van der Waals surface area contributed by atoms with Gasteiger partial charge in [0.25, 0.3) is 0 Å². The number of halogens is 1. The molecule has 0 fully saturated rings. The number of amides is 2. The van der Waals surface area contributed by atoms with Crippen LogP contribution in [0.3, 0.4) is 0 Å². The molecule has 2 N–H and O–H groups in total. The number of aliphatic hydroxyl groups is 1. The van der Waals surface area contributed by atoms with Crippen molar-refractivity contribution in [2.45, 2.75) is 33.1 Å². The lowest BCUT2D eigenvalue weighted by Gasteiger charge is -2.22. The second-order valence-electron chi connectivity index (χ2n) is 4.93. The van der Waals surface area contributed by atoms with Crippen molar-refractivity contribution in [3.63, 3.8) is 0 Å². The van der Waals surface area contributed by atoms with E-state index >= 15 is 0 Å². The Morgan fingerprint density at radius 3 is 2.68 bits per heavy atom. The second-order valence-corrected chi connectivity index (χ2v) is 5.33. The molecule has 1 rings (SSSR count). The zero-order valence-corrected chi connectivity index (χ0v) is 14.0. The van der Waals surface area contributed by atoms with Gasteiger partial charge in [0.05, 0.1) is 18.2 Å². The van der Waals surface area contributed by atoms with Crippen molar-refractivity contribution in [3.8, 4) is 5.75 Å². The standard InChI is InChI=1S/C16H25ClN2O3/c1-3-5-6-9-19(10-11-20)16(21)18-13-7-8-15(22-4-2)14(17)12-13/h7-8,12,20H,3-6,9-11H2,1-2H3,(H,18,21). The van der Waals surface area contributed by atoms with E-state index in [1.165, 1.54) is 0 Å². The summed E-state index contributed by atoms with van der Waals surface area (Å²) in [6.45, 7) is 5.43. The third-order valence-corrected chi connectivity index (χ3v) is 3.47. The first-order valence-corrected chi connectivity index (χ1v) is 8.09. The van der Waals surface area contributed by atoms with Crippen LogP contribution in [0.25, 0.3) is 0 Å². The van der Waals surface area contributed by atoms with Gasteiger partial charge in [0.2, 0.25) is 0 Å². The number of hydrogen-bond acceptors (Lipinski definition) is 3. The van der Waals surface area contributed by atoms with Gasteiger partial charge >= 0.3 is 6.03 Å². The molecule has 0 heterocycles. The number of nitrogens with one attached hydrogen (secondary N) is 1. The first-order valence-electron chi connectivity index (χ1n) is 7.71. The van der Waals surface area contributed by atoms with E-state index in [4.69, 9.17) is 21.4 Å². The first-order chi connectivity index (χ1) is 10.6. The van der Waals surface area contributed by atoms with Crippen molar-refractivity contribution >= 4 is 23.3 Å². The van der Waals surface area contributed by atoms with Crippen LogP contribution < -0.4 is 10.1 Å². The van der Waals surface area contributed by atoms with E-state index in [1.54, 1.807) is 23.1 Å². The summed E-state index contributed by atoms with van der Waals surface area (Å²) in [5.74, 6) is 0.595. The molecule has 124 valence electrons. The van der Waals surface area contributed by atoms with E-state index in [0.717, 1.165) is 19.3 Å². The maximum absolute atomic E-state index is 12.2. The molecule has 0 saturated carbocycles. The Labute approximate surface area is 137 Å². The lowest BCUT2D eigenvalue weighted by molar-refractivity contribution is 0.187. The van der Waals surface area contributed by atoms with E-state index in [-0.39, 0.29) is 12.6 Å². The fourth-order valence-electron chi connectivity index (χ4n) is 2.04. The van der Waals surface area contributed by atoms with Crippen LogP contribution in [0.5, 0.6) is 5.75 Å². The molecule has 1 aromatic rings. The molecule has 0 bridgehead atoms. The molecule has 0 aliphatic carbocycles. The Morgan fingerprint density at radius 1 is 1.32 bits per heavy atom. The molecule has 0 spiro atoms. The number of nitrogens with zero attached hydrogens (tertiary/aromatic N) is 1. The van der Waals surface area contributed by atoms with Gasteiger partial charge in [0.15, 0.2) is 0 Å². The number of ether oxygens (including phenoxy) is 1. The summed E-state index contributed by atoms with van der Waals surface area (Å²) in [6.07, 6.45) is 3.07. The third kappa shape index (κ3) is 6.12. The van der Waals surface area contributed by atoms with Crippen molar-refractivity contribution in [3.05, 3.63) is 23.2 Å². The van der Waals surface area contributed by atoms with Crippen LogP contribution in [0.15, 0.2) is 18.2 Å². The van der Waals surface area contributed by atoms with Gasteiger partial charge in [-0.1, -0.05) is 31.4 Å². The number of carbonyl (C=O) groups excluding carboxylic acids is 1. The monoisotopic (exact) mass is 328 g/mol. The highest BCUT2D eigenvalue weighted by Gasteiger charge is 2.13. The van der Waals surface area contributed by atoms with Crippen LogP contribution in [-0.2, 0) is 0 Å². The topological polar surface area (TPSA) is 61.8 Å². The van der Waals surface area contributed by atoms with Gasteiger partial charge < -0.3 is 20.1 Å². The minimum atomic E-state index is -0.231. The Kier molecular flexibility index (Phi) is 8.70. The predicted molar refractivity (Wildman–Crippen MR) is 89.8 cm³/mol. The molecule has 0 aliphatic heterocycles. The van der Waals surface area contributed by atoms with E-state index in [2.05, 4.69) is 12.2 Å². The van der Waals surface area contributed by atoms with Gasteiger partial charge in [-0.3, -0.25) is 0 Å². The Bertz CT molecular complexity index is 469. The lowest BCUT2D eigenvalue weighted by Crippen LogP contribution is -2.37. The third-order valence-electron chi connectivity index (χ3n) is 3.17. The normalized spacial score (nSPS) is 10.4. The highest BCUT2D eigenvalue weighted by molar-refractivity contribution is 6.32. The molecule has 1 aromatic carbocycles. The van der Waals surface area contributed by atoms with Gasteiger partial charge in [0, 0.05) is 18.8 Å². The van der Waals surface area contributed by atoms with Gasteiger partial charge in [-0.05, 0) is 31.5 Å². The van der Waals surface area contributed by atoms with E-state index in [1.807, 2.05) is 6.92 Å². The number of urea groups is 1. The van der Waals surface area contributed by atoms with Crippen molar-refractivity contribution in [1.82, 2.24) is 4.90 Å². The summed E-state index contributed by atoms with van der Waals surface area (Å²) in [7, 11) is 0. The summed E-state index contributed by atoms with van der Waals surface area (Å²) in [4.78, 5) is 13.9. The fraction of sp³-hybridized carbons (Fsp3) is 0.562. The SMILES string of the molecule is CCCCCN(CCO)C(=O)Nc1ccc(OCC)c(Cl)c1. The number of aliphatic hydroxyl groups excluding tert-OH is 1. The van der Waals surface area contributed by atoms with E-state index in [0.29, 0.717) is 36.2 Å². The lowest BCUT2D eigenvalue weighted by atomic mass is 10.2. The Balaban J connectivity index is 2.65. The van der Waals surface area contributed by atoms with Crippen molar-refractivity contribution in [2.24, 2.45) is 0 Å². The van der Waals surface area contributed by atoms with E-state index < -0.39 is 0 Å². The van der Waals surface area contributed by atoms with Crippen LogP contribution in [0.1, 0.15) is 33.1 Å². The van der Waals surface area contributed by atoms with Gasteiger partial charge in [-0.15, -0.1) is 0 Å². The van der Waals surface area contributed by atoms with Crippen LogP contribution in [0.4, 0.5) is 10.5 Å². The highest BCUT2D eigenvalue weighted by Crippen LogP contribution is 2.27. The summed E-state index contributed by atoms with van der Waals surface area (Å²) >= 11 is 6.10. The average molecular weight is 329 g/mol. The zero-order valence-electron chi connectivity index (χ0n) is 13.3. The molecule has 6 heteroatoms. The molecule has 0 radical (unpaired) electrons. The van der Waals surface area contributed by atoms with Crippen LogP contribution in [0.2, 0.25) is 5.02 Å². The van der Waals surface area contributed by atoms with Crippen molar-refractivity contribution in [2.75, 3.05) is 31.6 Å². The Hall–Kier alpha value is -1.46. The Morgan fingerprint density at radius 2 is 2.09 bits per heavy atom. The van der Waals surface area contributed by atoms with Crippen LogP contribution >= 0.6 is 11.6 Å². The molecule has 5 nitrogen and oxygen atoms in total. The quantitative estimate of drug-likeness (QED) is 0.678. The summed E-state index contributed by atoms with van der Waals surface area (Å²) in [5, 5.41) is 12.3. The molecule has 0 atom stereocenters. The number of unbranched alkanes of at least 4 members (excludes halogenated alkanes) is 2. The maximum Gasteiger partial charge on any atom is 0.321 e. The molecular formula is C16H25ClN2O3. The molecule has 0 unspecified atom stereocenters. The summed E-state index contributed by atoms with van der Waals surface area (Å²) in [5.41, 5.74) is 0.608.